The van der Waals surface area contributed by atoms with Crippen molar-refractivity contribution in [2.24, 2.45) is 0 Å². The molecule has 1 heterocycles. The molecule has 2 N–H and O–H groups in total. The molecule has 56 valence electrons. The summed E-state index contributed by atoms with van der Waals surface area (Å²) in [6, 6.07) is 5.52. The maximum atomic E-state index is 5.58. The number of aryl methyl sites for hydroxylation is 1. The van der Waals surface area contributed by atoms with Gasteiger partial charge in [-0.2, -0.15) is 0 Å². The van der Waals surface area contributed by atoms with Gasteiger partial charge in [0.05, 0.1) is 0 Å². The molecule has 0 bridgehead atoms. The maximum Gasteiger partial charge on any atom is 0.141 e. The number of fused-ring (bicyclic) bond motifs is 1. The molecular formula is C8H8N2O. The van der Waals surface area contributed by atoms with Gasteiger partial charge in [0, 0.05) is 11.1 Å². The Hall–Kier alpha value is -1.51. The molecule has 0 aliphatic rings. The van der Waals surface area contributed by atoms with Gasteiger partial charge < -0.3 is 10.3 Å². The summed E-state index contributed by atoms with van der Waals surface area (Å²) < 4.78 is 4.96. The van der Waals surface area contributed by atoms with E-state index >= 15 is 0 Å². The molecule has 0 fully saturated rings. The van der Waals surface area contributed by atoms with Crippen LogP contribution < -0.4 is 5.73 Å². The van der Waals surface area contributed by atoms with E-state index in [4.69, 9.17) is 10.3 Å². The molecule has 0 amide bonds. The predicted molar refractivity (Wildman–Crippen MR) is 43.2 cm³/mol. The van der Waals surface area contributed by atoms with Gasteiger partial charge in [-0.15, -0.1) is 0 Å². The maximum absolute atomic E-state index is 5.58. The number of hydrogen-bond donors (Lipinski definition) is 1. The van der Waals surface area contributed by atoms with Crippen molar-refractivity contribution >= 4 is 16.6 Å². The summed E-state index contributed by atoms with van der Waals surface area (Å²) in [5, 5.41) is 4.82. The van der Waals surface area contributed by atoms with Crippen molar-refractivity contribution in [3.05, 3.63) is 24.0 Å². The van der Waals surface area contributed by atoms with Crippen molar-refractivity contribution in [1.82, 2.24) is 5.16 Å². The molecule has 0 aliphatic carbocycles. The molecular weight excluding hydrogens is 140 g/mol. The largest absolute Gasteiger partial charge is 0.399 e. The molecule has 0 atom stereocenters. The van der Waals surface area contributed by atoms with Gasteiger partial charge in [0.25, 0.3) is 0 Å². The van der Waals surface area contributed by atoms with Crippen LogP contribution in [0.15, 0.2) is 22.7 Å². The summed E-state index contributed by atoms with van der Waals surface area (Å²) in [7, 11) is 0. The third-order valence-electron chi connectivity index (χ3n) is 1.68. The second-order valence-corrected chi connectivity index (χ2v) is 2.52. The van der Waals surface area contributed by atoms with Crippen molar-refractivity contribution in [1.29, 1.82) is 0 Å². The predicted octanol–water partition coefficient (Wildman–Crippen LogP) is 1.72. The Morgan fingerprint density at radius 2 is 2.27 bits per heavy atom. The first-order valence-electron chi connectivity index (χ1n) is 3.39. The molecule has 0 aliphatic heterocycles. The molecule has 0 radical (unpaired) electrons. The Balaban J connectivity index is 2.87. The lowest BCUT2D eigenvalue weighted by molar-refractivity contribution is 0.405. The van der Waals surface area contributed by atoms with Gasteiger partial charge >= 0.3 is 0 Å². The molecule has 0 saturated carbocycles. The van der Waals surface area contributed by atoms with E-state index in [9.17, 15) is 0 Å². The molecule has 3 nitrogen and oxygen atoms in total. The van der Waals surface area contributed by atoms with Crippen molar-refractivity contribution in [2.75, 3.05) is 5.73 Å². The number of anilines is 1. The molecule has 0 unspecified atom stereocenters. The summed E-state index contributed by atoms with van der Waals surface area (Å²) in [4.78, 5) is 0. The molecule has 11 heavy (non-hydrogen) atoms. The Morgan fingerprint density at radius 1 is 1.45 bits per heavy atom. The molecule has 0 spiro atoms. The number of nitrogens with zero attached hydrogens (tertiary/aromatic N) is 1. The topological polar surface area (TPSA) is 52.0 Å². The standard InChI is InChI=1S/C8H8N2O/c1-5-7-4-6(9)2-3-8(7)10-11-5/h2-4H,9H2,1H3. The zero-order valence-corrected chi connectivity index (χ0v) is 6.16. The summed E-state index contributed by atoms with van der Waals surface area (Å²) in [6.07, 6.45) is 0. The van der Waals surface area contributed by atoms with Crippen LogP contribution in [0.1, 0.15) is 5.76 Å². The minimum Gasteiger partial charge on any atom is -0.399 e. The Morgan fingerprint density at radius 3 is 3.09 bits per heavy atom. The van der Waals surface area contributed by atoms with Crippen LogP contribution in [0, 0.1) is 6.92 Å². The number of nitrogen functional groups attached to an aromatic ring is 1. The van der Waals surface area contributed by atoms with E-state index < -0.39 is 0 Å². The van der Waals surface area contributed by atoms with E-state index in [0.29, 0.717) is 0 Å². The number of rotatable bonds is 0. The lowest BCUT2D eigenvalue weighted by Gasteiger charge is -1.89. The zero-order valence-electron chi connectivity index (χ0n) is 6.16. The second kappa shape index (κ2) is 1.99. The molecule has 2 aromatic rings. The van der Waals surface area contributed by atoms with E-state index in [2.05, 4.69) is 5.16 Å². The Labute approximate surface area is 63.8 Å². The minimum absolute atomic E-state index is 0.740. The summed E-state index contributed by atoms with van der Waals surface area (Å²) >= 11 is 0. The fraction of sp³-hybridized carbons (Fsp3) is 0.125. The number of nitrogens with two attached hydrogens (primary N) is 1. The summed E-state index contributed by atoms with van der Waals surface area (Å²) in [6.45, 7) is 1.87. The number of hydrogen-bond acceptors (Lipinski definition) is 3. The normalized spacial score (nSPS) is 10.6. The van der Waals surface area contributed by atoms with E-state index in [1.807, 2.05) is 25.1 Å². The lowest BCUT2D eigenvalue weighted by atomic mass is 10.2. The molecule has 3 heteroatoms. The third-order valence-corrected chi connectivity index (χ3v) is 1.68. The highest BCUT2D eigenvalue weighted by molar-refractivity contribution is 5.83. The average molecular weight is 148 g/mol. The van der Waals surface area contributed by atoms with Gasteiger partial charge in [0.15, 0.2) is 0 Å². The molecule has 1 aromatic carbocycles. The van der Waals surface area contributed by atoms with E-state index in [0.717, 1.165) is 22.4 Å². The fourth-order valence-electron chi connectivity index (χ4n) is 1.08. The minimum atomic E-state index is 0.740. The first kappa shape index (κ1) is 6.22. The van der Waals surface area contributed by atoms with Crippen LogP contribution in [0.3, 0.4) is 0 Å². The Kier molecular flexibility index (Phi) is 1.12. The van der Waals surface area contributed by atoms with Gasteiger partial charge in [-0.1, -0.05) is 5.16 Å². The van der Waals surface area contributed by atoms with E-state index in [-0.39, 0.29) is 0 Å². The van der Waals surface area contributed by atoms with Gasteiger partial charge in [-0.25, -0.2) is 0 Å². The Bertz CT molecular complexity index is 392. The fourth-order valence-corrected chi connectivity index (χ4v) is 1.08. The van der Waals surface area contributed by atoms with Gasteiger partial charge in [0.1, 0.15) is 11.3 Å². The third kappa shape index (κ3) is 0.852. The van der Waals surface area contributed by atoms with Gasteiger partial charge in [0.2, 0.25) is 0 Å². The molecule has 1 aromatic heterocycles. The van der Waals surface area contributed by atoms with Crippen LogP contribution in [0.5, 0.6) is 0 Å². The van der Waals surface area contributed by atoms with Crippen LogP contribution in [-0.4, -0.2) is 5.16 Å². The summed E-state index contributed by atoms with van der Waals surface area (Å²) in [5.74, 6) is 0.812. The highest BCUT2D eigenvalue weighted by Crippen LogP contribution is 2.19. The van der Waals surface area contributed by atoms with Crippen molar-refractivity contribution < 1.29 is 4.52 Å². The van der Waals surface area contributed by atoms with Crippen LogP contribution >= 0.6 is 0 Å². The van der Waals surface area contributed by atoms with Gasteiger partial charge in [-0.3, -0.25) is 0 Å². The lowest BCUT2D eigenvalue weighted by Crippen LogP contribution is -1.82. The second-order valence-electron chi connectivity index (χ2n) is 2.52. The molecule has 0 saturated heterocycles. The van der Waals surface area contributed by atoms with Crippen LogP contribution in [0.2, 0.25) is 0 Å². The molecule has 2 rings (SSSR count). The quantitative estimate of drug-likeness (QED) is 0.578. The monoisotopic (exact) mass is 148 g/mol. The first-order valence-corrected chi connectivity index (χ1v) is 3.39. The smallest absolute Gasteiger partial charge is 0.141 e. The van der Waals surface area contributed by atoms with Gasteiger partial charge in [-0.05, 0) is 25.1 Å². The highest BCUT2D eigenvalue weighted by Gasteiger charge is 2.02. The zero-order chi connectivity index (χ0) is 7.84. The van der Waals surface area contributed by atoms with Crippen LogP contribution in [0.4, 0.5) is 5.69 Å². The SMILES string of the molecule is Cc1onc2ccc(N)cc12. The van der Waals surface area contributed by atoms with Crippen LogP contribution in [-0.2, 0) is 0 Å². The van der Waals surface area contributed by atoms with E-state index in [1.165, 1.54) is 0 Å². The highest BCUT2D eigenvalue weighted by atomic mass is 16.5. The van der Waals surface area contributed by atoms with Crippen molar-refractivity contribution in [3.8, 4) is 0 Å². The number of aromatic nitrogens is 1. The van der Waals surface area contributed by atoms with Crippen LogP contribution in [0.25, 0.3) is 10.9 Å². The van der Waals surface area contributed by atoms with E-state index in [1.54, 1.807) is 0 Å². The first-order chi connectivity index (χ1) is 5.27. The summed E-state index contributed by atoms with van der Waals surface area (Å²) in [5.41, 5.74) is 7.18. The number of benzene rings is 1. The average Bonchev–Trinajstić information content (AvgIpc) is 2.33. The van der Waals surface area contributed by atoms with Crippen molar-refractivity contribution in [3.63, 3.8) is 0 Å². The van der Waals surface area contributed by atoms with Crippen molar-refractivity contribution in [2.45, 2.75) is 6.92 Å².